The molecule has 0 unspecified atom stereocenters. The molecule has 2 aromatic carbocycles. The second kappa shape index (κ2) is 7.68. The molecule has 1 saturated carbocycles. The van der Waals surface area contributed by atoms with Gasteiger partial charge in [-0.15, -0.1) is 0 Å². The van der Waals surface area contributed by atoms with Gasteiger partial charge in [0.2, 0.25) is 5.88 Å². The summed E-state index contributed by atoms with van der Waals surface area (Å²) in [5, 5.41) is 12.8. The van der Waals surface area contributed by atoms with Crippen molar-refractivity contribution in [2.45, 2.75) is 25.0 Å². The van der Waals surface area contributed by atoms with Crippen LogP contribution in [0.25, 0.3) is 11.0 Å². The van der Waals surface area contributed by atoms with Crippen LogP contribution in [0.5, 0.6) is 11.6 Å². The number of halogens is 1. The highest BCUT2D eigenvalue weighted by Gasteiger charge is 2.42. The molecule has 2 heterocycles. The van der Waals surface area contributed by atoms with Gasteiger partial charge in [-0.1, -0.05) is 12.1 Å². The number of pyridine rings is 1. The van der Waals surface area contributed by atoms with Gasteiger partial charge in [0.25, 0.3) is 5.91 Å². The Morgan fingerprint density at radius 3 is 2.81 bits per heavy atom. The van der Waals surface area contributed by atoms with E-state index < -0.39 is 17.3 Å². The second-order valence-electron chi connectivity index (χ2n) is 7.39. The van der Waals surface area contributed by atoms with Gasteiger partial charge in [-0.25, -0.2) is 9.37 Å². The minimum atomic E-state index is -0.901. The summed E-state index contributed by atoms with van der Waals surface area (Å²) in [5.41, 5.74) is 1.67. The topological polar surface area (TPSA) is 97.2 Å². The van der Waals surface area contributed by atoms with Crippen LogP contribution in [0.15, 0.2) is 54.7 Å². The standard InChI is InChI=1S/C22H17FN4O3S/c23-17-10-14(22(29)7-8-22)4-3-13(17)12-25-20(28)16-2-1-9-24-21(16)30-15-5-6-18-19(11-15)27-31-26-18/h1-6,9-11,29H,7-8,12H2,(H,25,28). The number of hydrogen-bond acceptors (Lipinski definition) is 7. The second-order valence-corrected chi connectivity index (χ2v) is 7.92. The van der Waals surface area contributed by atoms with E-state index in [0.717, 1.165) is 17.2 Å². The first-order chi connectivity index (χ1) is 15.0. The van der Waals surface area contributed by atoms with Gasteiger partial charge < -0.3 is 15.2 Å². The van der Waals surface area contributed by atoms with Crippen molar-refractivity contribution < 1.29 is 19.0 Å². The lowest BCUT2D eigenvalue weighted by atomic mass is 10.0. The van der Waals surface area contributed by atoms with E-state index in [4.69, 9.17) is 4.74 Å². The molecule has 0 bridgehead atoms. The Balaban J connectivity index is 1.31. The number of aliphatic hydroxyl groups is 1. The molecule has 2 N–H and O–H groups in total. The number of rotatable bonds is 6. The molecule has 1 fully saturated rings. The van der Waals surface area contributed by atoms with Crippen LogP contribution in [0.4, 0.5) is 4.39 Å². The number of benzene rings is 2. The summed E-state index contributed by atoms with van der Waals surface area (Å²) in [5.74, 6) is -0.295. The van der Waals surface area contributed by atoms with Crippen LogP contribution in [0, 0.1) is 5.82 Å². The summed E-state index contributed by atoms with van der Waals surface area (Å²) in [6.45, 7) is -0.00579. The van der Waals surface area contributed by atoms with Crippen LogP contribution in [-0.2, 0) is 12.1 Å². The van der Waals surface area contributed by atoms with Gasteiger partial charge in [0.1, 0.15) is 28.2 Å². The van der Waals surface area contributed by atoms with Gasteiger partial charge in [-0.2, -0.15) is 8.75 Å². The smallest absolute Gasteiger partial charge is 0.257 e. The van der Waals surface area contributed by atoms with Crippen molar-refractivity contribution in [1.29, 1.82) is 0 Å². The molecule has 1 aliphatic rings. The maximum absolute atomic E-state index is 14.4. The van der Waals surface area contributed by atoms with Crippen molar-refractivity contribution >= 4 is 28.7 Å². The van der Waals surface area contributed by atoms with Gasteiger partial charge in [0, 0.05) is 24.4 Å². The van der Waals surface area contributed by atoms with Crippen molar-refractivity contribution in [2.75, 3.05) is 0 Å². The maximum atomic E-state index is 14.4. The molecule has 156 valence electrons. The lowest BCUT2D eigenvalue weighted by Crippen LogP contribution is -2.24. The van der Waals surface area contributed by atoms with E-state index in [2.05, 4.69) is 19.0 Å². The van der Waals surface area contributed by atoms with Gasteiger partial charge in [-0.05, 0) is 48.7 Å². The van der Waals surface area contributed by atoms with Gasteiger partial charge in [0.15, 0.2) is 0 Å². The monoisotopic (exact) mass is 436 g/mol. The molecular weight excluding hydrogens is 419 g/mol. The van der Waals surface area contributed by atoms with Crippen LogP contribution in [0.1, 0.15) is 34.3 Å². The Morgan fingerprint density at radius 2 is 2.00 bits per heavy atom. The minimum Gasteiger partial charge on any atom is -0.438 e. The molecule has 2 aromatic heterocycles. The first kappa shape index (κ1) is 19.5. The lowest BCUT2D eigenvalue weighted by Gasteiger charge is -2.12. The molecular formula is C22H17FN4O3S. The highest BCUT2D eigenvalue weighted by molar-refractivity contribution is 7.00. The van der Waals surface area contributed by atoms with E-state index in [0.29, 0.717) is 35.2 Å². The van der Waals surface area contributed by atoms with Crippen molar-refractivity contribution in [2.24, 2.45) is 0 Å². The zero-order valence-corrected chi connectivity index (χ0v) is 17.0. The zero-order chi connectivity index (χ0) is 21.4. The Kier molecular flexibility index (Phi) is 4.84. The van der Waals surface area contributed by atoms with Gasteiger partial charge in [0.05, 0.1) is 17.3 Å². The van der Waals surface area contributed by atoms with Crippen LogP contribution in [0.2, 0.25) is 0 Å². The zero-order valence-electron chi connectivity index (χ0n) is 16.2. The molecule has 0 spiro atoms. The molecule has 5 rings (SSSR count). The number of ether oxygens (including phenoxy) is 1. The molecule has 31 heavy (non-hydrogen) atoms. The van der Waals surface area contributed by atoms with E-state index in [9.17, 15) is 14.3 Å². The van der Waals surface area contributed by atoms with Crippen LogP contribution in [0.3, 0.4) is 0 Å². The van der Waals surface area contributed by atoms with E-state index in [1.165, 1.54) is 12.3 Å². The van der Waals surface area contributed by atoms with E-state index in [1.807, 2.05) is 0 Å². The number of nitrogens with zero attached hydrogens (tertiary/aromatic N) is 3. The third kappa shape index (κ3) is 3.97. The average molecular weight is 436 g/mol. The Bertz CT molecular complexity index is 1290. The summed E-state index contributed by atoms with van der Waals surface area (Å²) < 4.78 is 28.5. The fraction of sp³-hybridized carbons (Fsp3) is 0.182. The quantitative estimate of drug-likeness (QED) is 0.475. The molecule has 0 saturated heterocycles. The number of aromatic nitrogens is 3. The molecule has 0 atom stereocenters. The van der Waals surface area contributed by atoms with E-state index >= 15 is 0 Å². The summed E-state index contributed by atoms with van der Waals surface area (Å²) in [7, 11) is 0. The highest BCUT2D eigenvalue weighted by Crippen LogP contribution is 2.45. The van der Waals surface area contributed by atoms with Gasteiger partial charge in [-0.3, -0.25) is 4.79 Å². The Labute approximate surface area is 180 Å². The maximum Gasteiger partial charge on any atom is 0.257 e. The fourth-order valence-corrected chi connectivity index (χ4v) is 3.76. The van der Waals surface area contributed by atoms with Crippen LogP contribution < -0.4 is 10.1 Å². The Hall–Kier alpha value is -3.43. The first-order valence-electron chi connectivity index (χ1n) is 9.66. The van der Waals surface area contributed by atoms with Crippen molar-refractivity contribution in [3.8, 4) is 11.6 Å². The molecule has 1 amide bonds. The van der Waals surface area contributed by atoms with Crippen LogP contribution in [-0.4, -0.2) is 24.7 Å². The number of carbonyl (C=O) groups excluding carboxylic acids is 1. The molecule has 1 aliphatic carbocycles. The fourth-order valence-electron chi connectivity index (χ4n) is 3.24. The van der Waals surface area contributed by atoms with Crippen molar-refractivity contribution in [3.05, 3.63) is 77.2 Å². The van der Waals surface area contributed by atoms with Crippen molar-refractivity contribution in [1.82, 2.24) is 19.0 Å². The third-order valence-corrected chi connectivity index (χ3v) is 5.77. The predicted molar refractivity (Wildman–Crippen MR) is 112 cm³/mol. The number of carbonyl (C=O) groups is 1. The normalized spacial score (nSPS) is 14.4. The molecule has 0 radical (unpaired) electrons. The van der Waals surface area contributed by atoms with Gasteiger partial charge >= 0.3 is 0 Å². The summed E-state index contributed by atoms with van der Waals surface area (Å²) in [4.78, 5) is 16.9. The summed E-state index contributed by atoms with van der Waals surface area (Å²) in [6, 6.07) is 13.0. The molecule has 9 heteroatoms. The number of hydrogen-bond donors (Lipinski definition) is 2. The predicted octanol–water partition coefficient (Wildman–Crippen LogP) is 3.93. The lowest BCUT2D eigenvalue weighted by molar-refractivity contribution is 0.0947. The largest absolute Gasteiger partial charge is 0.438 e. The van der Waals surface area contributed by atoms with E-state index in [1.54, 1.807) is 42.5 Å². The Morgan fingerprint density at radius 1 is 1.16 bits per heavy atom. The summed E-state index contributed by atoms with van der Waals surface area (Å²) >= 11 is 1.11. The first-order valence-corrected chi connectivity index (χ1v) is 10.4. The number of fused-ring (bicyclic) bond motifs is 1. The number of amides is 1. The number of nitrogens with one attached hydrogen (secondary N) is 1. The van der Waals surface area contributed by atoms with Crippen LogP contribution >= 0.6 is 11.7 Å². The molecule has 4 aromatic rings. The average Bonchev–Trinajstić information content (AvgIpc) is 3.35. The minimum absolute atomic E-state index is 0.00579. The van der Waals surface area contributed by atoms with Crippen molar-refractivity contribution in [3.63, 3.8) is 0 Å². The SMILES string of the molecule is O=C(NCc1ccc(C2(O)CC2)cc1F)c1cccnc1Oc1ccc2nsnc2c1. The molecule has 7 nitrogen and oxygen atoms in total. The third-order valence-electron chi connectivity index (χ3n) is 5.21. The molecule has 0 aliphatic heterocycles. The van der Waals surface area contributed by atoms with E-state index in [-0.39, 0.29) is 18.0 Å². The highest BCUT2D eigenvalue weighted by atomic mass is 32.1. The summed E-state index contributed by atoms with van der Waals surface area (Å²) in [6.07, 6.45) is 2.80.